The first kappa shape index (κ1) is 22.2. The van der Waals surface area contributed by atoms with E-state index in [2.05, 4.69) is 36.1 Å². The molecule has 0 spiro atoms. The van der Waals surface area contributed by atoms with Crippen molar-refractivity contribution in [1.29, 1.82) is 0 Å². The van der Waals surface area contributed by atoms with Gasteiger partial charge in [0.15, 0.2) is 10.9 Å². The summed E-state index contributed by atoms with van der Waals surface area (Å²) in [5, 5.41) is 9.22. The number of nitrogens with one attached hydrogen (secondary N) is 1. The smallest absolute Gasteiger partial charge is 0.174 e. The minimum absolute atomic E-state index is 0.193. The molecule has 1 N–H and O–H groups in total. The van der Waals surface area contributed by atoms with Crippen molar-refractivity contribution in [2.24, 2.45) is 0 Å². The molecule has 3 aromatic rings. The van der Waals surface area contributed by atoms with Crippen LogP contribution in [0.15, 0.2) is 59.2 Å². The van der Waals surface area contributed by atoms with E-state index in [9.17, 15) is 4.39 Å². The van der Waals surface area contributed by atoms with Gasteiger partial charge in [-0.2, -0.15) is 5.10 Å². The molecule has 0 atom stereocenters. The summed E-state index contributed by atoms with van der Waals surface area (Å²) in [6, 6.07) is 14.5. The number of benzene rings is 2. The van der Waals surface area contributed by atoms with Crippen LogP contribution in [0.3, 0.4) is 0 Å². The first-order valence-electron chi connectivity index (χ1n) is 9.97. The lowest BCUT2D eigenvalue weighted by Gasteiger charge is -2.36. The highest BCUT2D eigenvalue weighted by atomic mass is 79.9. The molecule has 2 aromatic carbocycles. The van der Waals surface area contributed by atoms with Crippen molar-refractivity contribution < 1.29 is 4.39 Å². The molecule has 9 heteroatoms. The van der Waals surface area contributed by atoms with Gasteiger partial charge in [0.25, 0.3) is 0 Å². The van der Waals surface area contributed by atoms with Crippen LogP contribution in [-0.4, -0.2) is 50.9 Å². The summed E-state index contributed by atoms with van der Waals surface area (Å²) >= 11 is 15.4. The zero-order valence-corrected chi connectivity index (χ0v) is 19.9. The second kappa shape index (κ2) is 10.1. The average Bonchev–Trinajstić information content (AvgIpc) is 3.09. The van der Waals surface area contributed by atoms with Crippen LogP contribution in [0.5, 0.6) is 0 Å². The number of thiocarbonyl (C=S) groups is 1. The molecule has 0 unspecified atom stereocenters. The van der Waals surface area contributed by atoms with Gasteiger partial charge in [0.2, 0.25) is 0 Å². The van der Waals surface area contributed by atoms with Crippen molar-refractivity contribution in [1.82, 2.24) is 19.6 Å². The van der Waals surface area contributed by atoms with Gasteiger partial charge in [-0.25, -0.2) is 4.39 Å². The molecule has 31 heavy (non-hydrogen) atoms. The van der Waals surface area contributed by atoms with Crippen molar-refractivity contribution in [3.63, 3.8) is 0 Å². The maximum atomic E-state index is 13.4. The number of rotatable bonds is 5. The standard InChI is InChI=1S/C22H22BrClFN5S/c23-19-15-30(14-17-5-1-2-7-20(17)24)27-21(19)26-22(31)29-10-8-28(9-11-29)13-16-4-3-6-18(25)12-16/h1-7,12,15H,8-11,13-14H2,(H,26,27,31). The molecular weight excluding hydrogens is 501 g/mol. The number of hydrogen-bond donors (Lipinski definition) is 1. The van der Waals surface area contributed by atoms with Crippen LogP contribution in [0.4, 0.5) is 10.2 Å². The molecule has 162 valence electrons. The van der Waals surface area contributed by atoms with Crippen LogP contribution in [0.1, 0.15) is 11.1 Å². The molecule has 0 aliphatic carbocycles. The highest BCUT2D eigenvalue weighted by Gasteiger charge is 2.20. The van der Waals surface area contributed by atoms with E-state index in [0.717, 1.165) is 53.3 Å². The fraction of sp³-hybridized carbons (Fsp3) is 0.273. The highest BCUT2D eigenvalue weighted by molar-refractivity contribution is 9.10. The summed E-state index contributed by atoms with van der Waals surface area (Å²) in [5.41, 5.74) is 1.99. The lowest BCUT2D eigenvalue weighted by atomic mass is 10.2. The van der Waals surface area contributed by atoms with Gasteiger partial charge >= 0.3 is 0 Å². The van der Waals surface area contributed by atoms with Crippen molar-refractivity contribution in [3.05, 3.63) is 81.2 Å². The minimum Gasteiger partial charge on any atom is -0.346 e. The minimum atomic E-state index is -0.193. The molecule has 4 rings (SSSR count). The summed E-state index contributed by atoms with van der Waals surface area (Å²) in [4.78, 5) is 4.44. The third-order valence-electron chi connectivity index (χ3n) is 5.19. The topological polar surface area (TPSA) is 36.3 Å². The lowest BCUT2D eigenvalue weighted by Crippen LogP contribution is -2.49. The van der Waals surface area contributed by atoms with E-state index in [4.69, 9.17) is 23.8 Å². The third kappa shape index (κ3) is 5.83. The van der Waals surface area contributed by atoms with Gasteiger partial charge in [0.1, 0.15) is 5.82 Å². The van der Waals surface area contributed by atoms with Gasteiger partial charge < -0.3 is 10.2 Å². The number of anilines is 1. The molecule has 0 bridgehead atoms. The molecule has 0 amide bonds. The van der Waals surface area contributed by atoms with Crippen LogP contribution in [0, 0.1) is 5.82 Å². The summed E-state index contributed by atoms with van der Waals surface area (Å²) in [6.07, 6.45) is 1.91. The number of hydrogen-bond acceptors (Lipinski definition) is 3. The molecule has 5 nitrogen and oxygen atoms in total. The normalized spacial score (nSPS) is 14.6. The van der Waals surface area contributed by atoms with Gasteiger partial charge in [-0.05, 0) is 57.5 Å². The maximum absolute atomic E-state index is 13.4. The van der Waals surface area contributed by atoms with Gasteiger partial charge in [0, 0.05) is 43.9 Å². The van der Waals surface area contributed by atoms with Gasteiger partial charge in [-0.1, -0.05) is 41.9 Å². The van der Waals surface area contributed by atoms with Gasteiger partial charge in [-0.15, -0.1) is 0 Å². The Hall–Kier alpha value is -2.00. The number of piperazine rings is 1. The predicted octanol–water partition coefficient (Wildman–Crippen LogP) is 5.00. The second-order valence-corrected chi connectivity index (χ2v) is 9.09. The zero-order chi connectivity index (χ0) is 21.8. The van der Waals surface area contributed by atoms with Crippen LogP contribution in [0.2, 0.25) is 5.02 Å². The van der Waals surface area contributed by atoms with Crippen molar-refractivity contribution in [2.75, 3.05) is 31.5 Å². The Balaban J connectivity index is 1.31. The van der Waals surface area contributed by atoms with Gasteiger partial charge in [0.05, 0.1) is 11.0 Å². The Labute approximate surface area is 199 Å². The van der Waals surface area contributed by atoms with Crippen LogP contribution in [0.25, 0.3) is 0 Å². The number of nitrogens with zero attached hydrogens (tertiary/aromatic N) is 4. The summed E-state index contributed by atoms with van der Waals surface area (Å²) in [6.45, 7) is 4.65. The van der Waals surface area contributed by atoms with Crippen LogP contribution in [-0.2, 0) is 13.1 Å². The fourth-order valence-corrected chi connectivity index (χ4v) is 4.44. The van der Waals surface area contributed by atoms with E-state index in [-0.39, 0.29) is 5.82 Å². The molecule has 1 aliphatic heterocycles. The molecule has 1 aromatic heterocycles. The van der Waals surface area contributed by atoms with E-state index in [1.54, 1.807) is 12.1 Å². The first-order chi connectivity index (χ1) is 15.0. The Bertz CT molecular complexity index is 1070. The average molecular weight is 523 g/mol. The molecule has 1 fully saturated rings. The molecule has 2 heterocycles. The third-order valence-corrected chi connectivity index (χ3v) is 6.50. The molecule has 0 radical (unpaired) electrons. The molecule has 1 aliphatic rings. The van der Waals surface area contributed by atoms with E-state index >= 15 is 0 Å². The maximum Gasteiger partial charge on any atom is 0.174 e. The fourth-order valence-electron chi connectivity index (χ4n) is 3.55. The Morgan fingerprint density at radius 3 is 2.61 bits per heavy atom. The summed E-state index contributed by atoms with van der Waals surface area (Å²) in [7, 11) is 0. The second-order valence-electron chi connectivity index (χ2n) is 7.44. The quantitative estimate of drug-likeness (QED) is 0.477. The Kier molecular flexibility index (Phi) is 7.22. The lowest BCUT2D eigenvalue weighted by molar-refractivity contribution is 0.177. The molecule has 0 saturated carbocycles. The molecular formula is C22H22BrClFN5S. The van der Waals surface area contributed by atoms with Crippen molar-refractivity contribution in [3.8, 4) is 0 Å². The Morgan fingerprint density at radius 1 is 1.10 bits per heavy atom. The van der Waals surface area contributed by atoms with E-state index in [0.29, 0.717) is 17.5 Å². The predicted molar refractivity (Wildman–Crippen MR) is 130 cm³/mol. The van der Waals surface area contributed by atoms with E-state index in [1.807, 2.05) is 41.2 Å². The van der Waals surface area contributed by atoms with Crippen molar-refractivity contribution in [2.45, 2.75) is 13.1 Å². The summed E-state index contributed by atoms with van der Waals surface area (Å²) in [5.74, 6) is 0.486. The molecule has 1 saturated heterocycles. The zero-order valence-electron chi connectivity index (χ0n) is 16.8. The first-order valence-corrected chi connectivity index (χ1v) is 11.5. The van der Waals surface area contributed by atoms with E-state index < -0.39 is 0 Å². The van der Waals surface area contributed by atoms with Crippen LogP contribution < -0.4 is 5.32 Å². The summed E-state index contributed by atoms with van der Waals surface area (Å²) < 4.78 is 16.1. The highest BCUT2D eigenvalue weighted by Crippen LogP contribution is 2.23. The van der Waals surface area contributed by atoms with Gasteiger partial charge in [-0.3, -0.25) is 9.58 Å². The Morgan fingerprint density at radius 2 is 1.87 bits per heavy atom. The van der Waals surface area contributed by atoms with Crippen molar-refractivity contribution >= 4 is 50.7 Å². The van der Waals surface area contributed by atoms with E-state index in [1.165, 1.54) is 6.07 Å². The SMILES string of the molecule is Fc1cccc(CN2CCN(C(=S)Nc3nn(Cc4ccccc4Cl)cc3Br)CC2)c1. The van der Waals surface area contributed by atoms with Crippen LogP contribution >= 0.6 is 39.7 Å². The largest absolute Gasteiger partial charge is 0.346 e. The number of halogens is 3. The monoisotopic (exact) mass is 521 g/mol. The number of aromatic nitrogens is 2.